The fourth-order valence-electron chi connectivity index (χ4n) is 5.60. The van der Waals surface area contributed by atoms with E-state index in [0.717, 1.165) is 26.7 Å². The monoisotopic (exact) mass is 699 g/mol. The van der Waals surface area contributed by atoms with Crippen molar-refractivity contribution < 1.29 is 51.7 Å². The van der Waals surface area contributed by atoms with Gasteiger partial charge >= 0.3 is 25.7 Å². The summed E-state index contributed by atoms with van der Waals surface area (Å²) in [5, 5.41) is 17.5. The molecular weight excluding hydrogens is 661 g/mol. The highest BCUT2D eigenvalue weighted by Crippen LogP contribution is 2.50. The zero-order valence-corrected chi connectivity index (χ0v) is 28.1. The molecule has 2 saturated heterocycles. The summed E-state index contributed by atoms with van der Waals surface area (Å²) in [5.41, 5.74) is 5.10. The molecule has 0 bridgehead atoms. The number of anilines is 1. The fourth-order valence-corrected chi connectivity index (χ4v) is 7.12. The molecule has 3 N–H and O–H groups in total. The van der Waals surface area contributed by atoms with Crippen molar-refractivity contribution in [2.75, 3.05) is 32.2 Å². The van der Waals surface area contributed by atoms with Crippen molar-refractivity contribution in [3.63, 3.8) is 0 Å². The number of esters is 3. The lowest BCUT2D eigenvalue weighted by molar-refractivity contribution is -0.166. The Morgan fingerprint density at radius 3 is 2.51 bits per heavy atom. The normalized spacial score (nSPS) is 24.3. The van der Waals surface area contributed by atoms with E-state index in [1.54, 1.807) is 36.4 Å². The minimum absolute atomic E-state index is 0.120. The molecule has 6 atom stereocenters. The van der Waals surface area contributed by atoms with Crippen LogP contribution in [-0.2, 0) is 47.2 Å². The van der Waals surface area contributed by atoms with Crippen molar-refractivity contribution in [3.8, 4) is 11.8 Å². The Labute approximate surface area is 282 Å². The number of nitrogens with zero attached hydrogens (tertiary/aromatic N) is 3. The van der Waals surface area contributed by atoms with Crippen LogP contribution in [0, 0.1) is 17.2 Å². The van der Waals surface area contributed by atoms with Crippen molar-refractivity contribution in [1.29, 1.82) is 5.26 Å². The standard InChI is InChI=1S/C32H38N5O11P/c1-20(31(40)43-17-23-12-15-42-16-13-23)36-49(41,48-24-7-5-4-6-8-24)44-19-32(18-33)30(46-22(3)39)29(45-21(2)38)28(47-32)27-10-9-26-25(34)11-14-35-37(26)27/h4-11,14,20,23,28-30H,12-13,15-17,19,34H2,1-3H3,(H,36,41)/t20-,28-,29-,30-,32+,49?/m0/s1. The first-order valence-corrected chi connectivity index (χ1v) is 17.1. The van der Waals surface area contributed by atoms with Gasteiger partial charge in [0.1, 0.15) is 30.6 Å². The lowest BCUT2D eigenvalue weighted by Crippen LogP contribution is -2.49. The molecule has 17 heteroatoms. The Kier molecular flexibility index (Phi) is 11.2. The summed E-state index contributed by atoms with van der Waals surface area (Å²) in [6, 6.07) is 13.7. The number of hydrogen-bond acceptors (Lipinski definition) is 14. The predicted octanol–water partition coefficient (Wildman–Crippen LogP) is 3.27. The molecule has 0 saturated carbocycles. The number of para-hydroxylation sites is 1. The van der Waals surface area contributed by atoms with Crippen LogP contribution >= 0.6 is 7.75 Å². The molecule has 49 heavy (non-hydrogen) atoms. The minimum Gasteiger partial charge on any atom is -0.464 e. The number of nitriles is 1. The van der Waals surface area contributed by atoms with Gasteiger partial charge in [0.25, 0.3) is 0 Å². The smallest absolute Gasteiger partial charge is 0.459 e. The number of nitrogens with one attached hydrogen (secondary N) is 1. The van der Waals surface area contributed by atoms with Gasteiger partial charge in [0.2, 0.25) is 5.60 Å². The van der Waals surface area contributed by atoms with Gasteiger partial charge in [-0.05, 0) is 56.0 Å². The van der Waals surface area contributed by atoms with Gasteiger partial charge in [0.15, 0.2) is 12.2 Å². The van der Waals surface area contributed by atoms with Gasteiger partial charge in [-0.2, -0.15) is 15.4 Å². The Morgan fingerprint density at radius 2 is 1.84 bits per heavy atom. The molecular formula is C32H38N5O11P. The zero-order valence-electron chi connectivity index (χ0n) is 27.2. The largest absolute Gasteiger partial charge is 0.464 e. The first-order chi connectivity index (χ1) is 23.4. The summed E-state index contributed by atoms with van der Waals surface area (Å²) < 4.78 is 55.7. The zero-order chi connectivity index (χ0) is 35.2. The lowest BCUT2D eigenvalue weighted by atomic mass is 9.95. The van der Waals surface area contributed by atoms with E-state index in [9.17, 15) is 24.2 Å². The molecule has 262 valence electrons. The number of nitrogen functional groups attached to an aromatic ring is 1. The van der Waals surface area contributed by atoms with Crippen molar-refractivity contribution in [2.45, 2.75) is 63.6 Å². The highest BCUT2D eigenvalue weighted by atomic mass is 31.2. The van der Waals surface area contributed by atoms with Gasteiger partial charge in [-0.3, -0.25) is 18.9 Å². The second-order valence-electron chi connectivity index (χ2n) is 11.7. The highest BCUT2D eigenvalue weighted by Gasteiger charge is 2.62. The van der Waals surface area contributed by atoms with E-state index < -0.39 is 62.2 Å². The van der Waals surface area contributed by atoms with Gasteiger partial charge in [0, 0.05) is 33.3 Å². The number of nitrogens with two attached hydrogens (primary N) is 1. The number of carbonyl (C=O) groups is 3. The van der Waals surface area contributed by atoms with Crippen molar-refractivity contribution in [1.82, 2.24) is 14.7 Å². The summed E-state index contributed by atoms with van der Waals surface area (Å²) in [4.78, 5) is 37.7. The van der Waals surface area contributed by atoms with Gasteiger partial charge in [0.05, 0.1) is 23.5 Å². The van der Waals surface area contributed by atoms with Gasteiger partial charge < -0.3 is 33.9 Å². The molecule has 0 radical (unpaired) electrons. The van der Waals surface area contributed by atoms with E-state index in [-0.39, 0.29) is 18.3 Å². The summed E-state index contributed by atoms with van der Waals surface area (Å²) in [6.07, 6.45) is -1.27. The molecule has 0 amide bonds. The van der Waals surface area contributed by atoms with Crippen LogP contribution in [0.25, 0.3) is 5.52 Å². The second-order valence-corrected chi connectivity index (χ2v) is 13.4. The van der Waals surface area contributed by atoms with E-state index in [0.29, 0.717) is 30.1 Å². The van der Waals surface area contributed by atoms with Crippen LogP contribution in [-0.4, -0.2) is 77.8 Å². The maximum Gasteiger partial charge on any atom is 0.459 e. The summed E-state index contributed by atoms with van der Waals surface area (Å²) in [7, 11) is -4.53. The molecule has 2 aliphatic heterocycles. The first-order valence-electron chi connectivity index (χ1n) is 15.6. The van der Waals surface area contributed by atoms with Crippen LogP contribution in [0.15, 0.2) is 54.7 Å². The summed E-state index contributed by atoms with van der Waals surface area (Å²) >= 11 is 0. The van der Waals surface area contributed by atoms with Gasteiger partial charge in [-0.15, -0.1) is 0 Å². The Hall–Kier alpha value is -4.52. The SMILES string of the molecule is CC(=O)O[C@H]1[C@H](c2ccc3c(N)ccnn23)O[C@](C#N)(COP(=O)(N[C@@H](C)C(=O)OCC2CCOCC2)Oc2ccccc2)[C@H]1OC(C)=O. The van der Waals surface area contributed by atoms with Crippen LogP contribution in [0.4, 0.5) is 5.69 Å². The van der Waals surface area contributed by atoms with Gasteiger partial charge in [-0.1, -0.05) is 18.2 Å². The van der Waals surface area contributed by atoms with E-state index in [1.165, 1.54) is 29.8 Å². The predicted molar refractivity (Wildman–Crippen MR) is 171 cm³/mol. The number of aromatic nitrogens is 2. The maximum atomic E-state index is 14.4. The number of benzene rings is 1. The van der Waals surface area contributed by atoms with Crippen LogP contribution in [0.5, 0.6) is 5.75 Å². The third-order valence-electron chi connectivity index (χ3n) is 8.01. The van der Waals surface area contributed by atoms with E-state index >= 15 is 0 Å². The number of ether oxygens (including phenoxy) is 5. The molecule has 16 nitrogen and oxygen atoms in total. The van der Waals surface area contributed by atoms with E-state index in [2.05, 4.69) is 10.2 Å². The third kappa shape index (κ3) is 8.38. The maximum absolute atomic E-state index is 14.4. The fraction of sp³-hybridized carbons (Fsp3) is 0.469. The molecule has 4 heterocycles. The lowest BCUT2D eigenvalue weighted by Gasteiger charge is -2.30. The second kappa shape index (κ2) is 15.4. The Balaban J connectivity index is 1.44. The van der Waals surface area contributed by atoms with Crippen molar-refractivity contribution in [3.05, 3.63) is 60.4 Å². The topological polar surface area (TPSA) is 212 Å². The molecule has 0 spiro atoms. The Bertz CT molecular complexity index is 1740. The highest BCUT2D eigenvalue weighted by molar-refractivity contribution is 7.52. The van der Waals surface area contributed by atoms with Crippen LogP contribution in [0.2, 0.25) is 0 Å². The molecule has 3 aromatic rings. The van der Waals surface area contributed by atoms with Crippen LogP contribution in [0.1, 0.15) is 45.4 Å². The summed E-state index contributed by atoms with van der Waals surface area (Å²) in [5.74, 6) is -2.04. The summed E-state index contributed by atoms with van der Waals surface area (Å²) in [6.45, 7) is 4.14. The number of hydrogen-bond donors (Lipinski definition) is 2. The molecule has 2 aliphatic rings. The molecule has 1 unspecified atom stereocenters. The van der Waals surface area contributed by atoms with Crippen molar-refractivity contribution in [2.24, 2.45) is 5.92 Å². The number of carbonyl (C=O) groups excluding carboxylic acids is 3. The molecule has 0 aliphatic carbocycles. The molecule has 2 fully saturated rings. The first kappa shape index (κ1) is 35.8. The quantitative estimate of drug-likeness (QED) is 0.149. The van der Waals surface area contributed by atoms with Crippen LogP contribution < -0.4 is 15.3 Å². The number of rotatable bonds is 13. The molecule has 2 aromatic heterocycles. The molecule has 1 aromatic carbocycles. The van der Waals surface area contributed by atoms with E-state index in [4.69, 9.17) is 38.5 Å². The van der Waals surface area contributed by atoms with Crippen LogP contribution in [0.3, 0.4) is 0 Å². The average molecular weight is 700 g/mol. The van der Waals surface area contributed by atoms with Gasteiger partial charge in [-0.25, -0.2) is 9.08 Å². The Morgan fingerprint density at radius 1 is 1.12 bits per heavy atom. The third-order valence-corrected chi connectivity index (χ3v) is 9.64. The minimum atomic E-state index is -4.53. The molecule has 5 rings (SSSR count). The number of fused-ring (bicyclic) bond motifs is 1. The van der Waals surface area contributed by atoms with E-state index in [1.807, 2.05) is 6.07 Å². The average Bonchev–Trinajstić information content (AvgIpc) is 3.63. The van der Waals surface area contributed by atoms with Crippen molar-refractivity contribution >= 4 is 36.9 Å².